The van der Waals surface area contributed by atoms with Crippen LogP contribution in [0.3, 0.4) is 0 Å². The zero-order chi connectivity index (χ0) is 18.6. The van der Waals surface area contributed by atoms with Gasteiger partial charge in [-0.05, 0) is 75.6 Å². The van der Waals surface area contributed by atoms with E-state index in [2.05, 4.69) is 41.0 Å². The van der Waals surface area contributed by atoms with E-state index in [1.807, 2.05) is 0 Å². The highest BCUT2D eigenvalue weighted by atomic mass is 16.5. The Hall–Kier alpha value is -1.39. The van der Waals surface area contributed by atoms with Crippen LogP contribution < -0.4 is 0 Å². The molecular weight excluding hydrogens is 336 g/mol. The van der Waals surface area contributed by atoms with Crippen molar-refractivity contribution in [3.63, 3.8) is 0 Å². The van der Waals surface area contributed by atoms with E-state index in [1.165, 1.54) is 24.0 Å². The van der Waals surface area contributed by atoms with Gasteiger partial charge in [0, 0.05) is 32.2 Å². The maximum atomic E-state index is 12.8. The number of benzene rings is 1. The molecule has 1 amide bonds. The zero-order valence-electron chi connectivity index (χ0n) is 16.7. The Morgan fingerprint density at radius 1 is 1.11 bits per heavy atom. The van der Waals surface area contributed by atoms with Gasteiger partial charge in [-0.25, -0.2) is 0 Å². The van der Waals surface area contributed by atoms with Crippen LogP contribution in [0, 0.1) is 18.8 Å². The van der Waals surface area contributed by atoms with E-state index in [0.29, 0.717) is 17.7 Å². The Balaban J connectivity index is 1.28. The van der Waals surface area contributed by atoms with Crippen molar-refractivity contribution in [2.45, 2.75) is 58.1 Å². The van der Waals surface area contributed by atoms with Crippen LogP contribution in [0.2, 0.25) is 0 Å². The molecule has 4 rings (SSSR count). The number of ether oxygens (including phenoxy) is 1. The van der Waals surface area contributed by atoms with Crippen molar-refractivity contribution >= 4 is 5.91 Å². The maximum absolute atomic E-state index is 12.8. The summed E-state index contributed by atoms with van der Waals surface area (Å²) in [4.78, 5) is 17.5. The van der Waals surface area contributed by atoms with E-state index in [9.17, 15) is 4.79 Å². The van der Waals surface area contributed by atoms with Crippen molar-refractivity contribution in [2.24, 2.45) is 11.8 Å². The molecule has 1 aromatic carbocycles. The molecule has 0 aromatic heterocycles. The predicted octanol–water partition coefficient (Wildman–Crippen LogP) is 3.62. The fraction of sp³-hybridized carbons (Fsp3) is 0.696. The van der Waals surface area contributed by atoms with E-state index in [1.54, 1.807) is 0 Å². The third-order valence-electron chi connectivity index (χ3n) is 6.53. The van der Waals surface area contributed by atoms with Gasteiger partial charge >= 0.3 is 0 Å². The second-order valence-electron chi connectivity index (χ2n) is 8.80. The molecule has 4 nitrogen and oxygen atoms in total. The molecule has 148 valence electrons. The van der Waals surface area contributed by atoms with Crippen LogP contribution >= 0.6 is 0 Å². The fourth-order valence-electron chi connectivity index (χ4n) is 4.54. The molecule has 3 fully saturated rings. The normalized spacial score (nSPS) is 24.3. The number of piperidine rings is 1. The number of aryl methyl sites for hydroxylation is 1. The number of likely N-dealkylation sites (tertiary alicyclic amines) is 1. The molecule has 2 heterocycles. The first-order chi connectivity index (χ1) is 13.2. The van der Waals surface area contributed by atoms with Crippen LogP contribution in [0.4, 0.5) is 0 Å². The second kappa shape index (κ2) is 8.74. The lowest BCUT2D eigenvalue weighted by atomic mass is 9.95. The zero-order valence-corrected chi connectivity index (χ0v) is 16.7. The lowest BCUT2D eigenvalue weighted by Crippen LogP contribution is -2.44. The number of carbonyl (C=O) groups excluding carboxylic acids is 1. The molecule has 1 saturated carbocycles. The number of rotatable bonds is 7. The van der Waals surface area contributed by atoms with Gasteiger partial charge in [-0.15, -0.1) is 0 Å². The fourth-order valence-corrected chi connectivity index (χ4v) is 4.54. The SMILES string of the molecule is Cc1ccccc1CN1CCC(CN(C[C@H]2CCCO2)C(=O)C2CC2)CC1. The largest absolute Gasteiger partial charge is 0.376 e. The van der Waals surface area contributed by atoms with Crippen molar-refractivity contribution in [1.82, 2.24) is 9.80 Å². The summed E-state index contributed by atoms with van der Waals surface area (Å²) in [7, 11) is 0. The number of amides is 1. The Morgan fingerprint density at radius 2 is 1.89 bits per heavy atom. The molecule has 27 heavy (non-hydrogen) atoms. The van der Waals surface area contributed by atoms with E-state index >= 15 is 0 Å². The summed E-state index contributed by atoms with van der Waals surface area (Å²) in [5.41, 5.74) is 2.83. The maximum Gasteiger partial charge on any atom is 0.225 e. The molecular formula is C23H34N2O2. The standard InChI is InChI=1S/C23H34N2O2/c1-18-5-2-3-6-21(18)16-24-12-10-19(11-13-24)15-25(23(26)20-8-9-20)17-22-7-4-14-27-22/h2-3,5-6,19-20,22H,4,7-17H2,1H3/t22-/m1/s1. The van der Waals surface area contributed by atoms with Crippen LogP contribution in [0.25, 0.3) is 0 Å². The topological polar surface area (TPSA) is 32.8 Å². The molecule has 0 spiro atoms. The summed E-state index contributed by atoms with van der Waals surface area (Å²) in [6, 6.07) is 8.71. The Morgan fingerprint density at radius 3 is 2.56 bits per heavy atom. The highest BCUT2D eigenvalue weighted by Gasteiger charge is 2.36. The van der Waals surface area contributed by atoms with E-state index in [4.69, 9.17) is 4.74 Å². The quantitative estimate of drug-likeness (QED) is 0.735. The van der Waals surface area contributed by atoms with Gasteiger partial charge in [-0.1, -0.05) is 24.3 Å². The van der Waals surface area contributed by atoms with Crippen molar-refractivity contribution in [3.05, 3.63) is 35.4 Å². The van der Waals surface area contributed by atoms with E-state index in [0.717, 1.165) is 65.0 Å². The summed E-state index contributed by atoms with van der Waals surface area (Å²) in [6.45, 7) is 8.17. The highest BCUT2D eigenvalue weighted by molar-refractivity contribution is 5.81. The van der Waals surface area contributed by atoms with Gasteiger partial charge in [0.15, 0.2) is 0 Å². The van der Waals surface area contributed by atoms with Crippen molar-refractivity contribution < 1.29 is 9.53 Å². The van der Waals surface area contributed by atoms with Crippen LogP contribution in [0.5, 0.6) is 0 Å². The minimum atomic E-state index is 0.272. The summed E-state index contributed by atoms with van der Waals surface area (Å²) >= 11 is 0. The number of hydrogen-bond acceptors (Lipinski definition) is 3. The Kier molecular flexibility index (Phi) is 6.14. The molecule has 0 bridgehead atoms. The van der Waals surface area contributed by atoms with Crippen molar-refractivity contribution in [2.75, 3.05) is 32.8 Å². The molecule has 2 aliphatic heterocycles. The first-order valence-corrected chi connectivity index (χ1v) is 10.9. The lowest BCUT2D eigenvalue weighted by Gasteiger charge is -2.36. The average molecular weight is 371 g/mol. The molecule has 2 saturated heterocycles. The molecule has 0 unspecified atom stereocenters. The molecule has 1 aromatic rings. The van der Waals surface area contributed by atoms with Gasteiger partial charge < -0.3 is 9.64 Å². The number of hydrogen-bond donors (Lipinski definition) is 0. The minimum Gasteiger partial charge on any atom is -0.376 e. The molecule has 1 aliphatic carbocycles. The number of carbonyl (C=O) groups is 1. The van der Waals surface area contributed by atoms with Gasteiger partial charge in [-0.2, -0.15) is 0 Å². The monoisotopic (exact) mass is 370 g/mol. The van der Waals surface area contributed by atoms with Crippen molar-refractivity contribution in [1.29, 1.82) is 0 Å². The van der Waals surface area contributed by atoms with Crippen LogP contribution in [-0.2, 0) is 16.1 Å². The summed E-state index contributed by atoms with van der Waals surface area (Å²) in [5.74, 6) is 1.35. The van der Waals surface area contributed by atoms with Gasteiger partial charge in [0.25, 0.3) is 0 Å². The summed E-state index contributed by atoms with van der Waals surface area (Å²) < 4.78 is 5.82. The molecule has 0 radical (unpaired) electrons. The second-order valence-corrected chi connectivity index (χ2v) is 8.80. The Bertz CT molecular complexity index is 629. The van der Waals surface area contributed by atoms with Gasteiger partial charge in [0.05, 0.1) is 6.10 Å². The summed E-state index contributed by atoms with van der Waals surface area (Å²) in [5, 5.41) is 0. The third kappa shape index (κ3) is 5.11. The van der Waals surface area contributed by atoms with Crippen LogP contribution in [0.1, 0.15) is 49.7 Å². The minimum absolute atomic E-state index is 0.272. The molecule has 3 aliphatic rings. The van der Waals surface area contributed by atoms with Crippen molar-refractivity contribution in [3.8, 4) is 0 Å². The van der Waals surface area contributed by atoms with E-state index < -0.39 is 0 Å². The predicted molar refractivity (Wildman–Crippen MR) is 107 cm³/mol. The first-order valence-electron chi connectivity index (χ1n) is 10.9. The number of nitrogens with zero attached hydrogens (tertiary/aromatic N) is 2. The molecule has 0 N–H and O–H groups in total. The smallest absolute Gasteiger partial charge is 0.225 e. The van der Waals surface area contributed by atoms with Crippen LogP contribution in [0.15, 0.2) is 24.3 Å². The highest BCUT2D eigenvalue weighted by Crippen LogP contribution is 2.32. The Labute approximate surface area is 163 Å². The molecule has 4 heteroatoms. The lowest BCUT2D eigenvalue weighted by molar-refractivity contribution is -0.135. The van der Waals surface area contributed by atoms with Gasteiger partial charge in [-0.3, -0.25) is 9.69 Å². The summed E-state index contributed by atoms with van der Waals surface area (Å²) in [6.07, 6.45) is 7.12. The van der Waals surface area contributed by atoms with E-state index in [-0.39, 0.29) is 6.10 Å². The molecule has 1 atom stereocenters. The first kappa shape index (κ1) is 18.9. The van der Waals surface area contributed by atoms with Gasteiger partial charge in [0.1, 0.15) is 0 Å². The third-order valence-corrected chi connectivity index (χ3v) is 6.53. The average Bonchev–Trinajstić information content (AvgIpc) is 3.41. The van der Waals surface area contributed by atoms with Crippen LogP contribution in [-0.4, -0.2) is 54.6 Å². The van der Waals surface area contributed by atoms with Gasteiger partial charge in [0.2, 0.25) is 5.91 Å².